The van der Waals surface area contributed by atoms with Crippen LogP contribution in [-0.2, 0) is 0 Å². The van der Waals surface area contributed by atoms with E-state index in [2.05, 4.69) is 9.97 Å². The van der Waals surface area contributed by atoms with Gasteiger partial charge in [-0.25, -0.2) is 18.2 Å². The lowest BCUT2D eigenvalue weighted by atomic mass is 10.1. The summed E-state index contributed by atoms with van der Waals surface area (Å²) >= 11 is 4.92. The van der Waals surface area contributed by atoms with Crippen LogP contribution in [0.3, 0.4) is 0 Å². The third-order valence-corrected chi connectivity index (χ3v) is 2.78. The van der Waals surface area contributed by atoms with Crippen molar-refractivity contribution in [3.63, 3.8) is 0 Å². The number of hydrogen-bond donors (Lipinski definition) is 1. The number of halogens is 3. The summed E-state index contributed by atoms with van der Waals surface area (Å²) in [5.74, 6) is -3.20. The first-order valence-corrected chi connectivity index (χ1v) is 5.10. The van der Waals surface area contributed by atoms with Gasteiger partial charge in [0.2, 0.25) is 0 Å². The molecule has 2 nitrogen and oxygen atoms in total. The van der Waals surface area contributed by atoms with Gasteiger partial charge in [0.1, 0.15) is 10.5 Å². The zero-order valence-electron chi connectivity index (χ0n) is 8.72. The minimum Gasteiger partial charge on any atom is -0.345 e. The van der Waals surface area contributed by atoms with Gasteiger partial charge in [0.05, 0.1) is 12.0 Å². The minimum atomic E-state index is -1.23. The predicted octanol–water partition coefficient (Wildman–Crippen LogP) is 3.53. The summed E-state index contributed by atoms with van der Waals surface area (Å²) in [6.45, 7) is 1.63. The largest absolute Gasteiger partial charge is 0.345 e. The van der Waals surface area contributed by atoms with Crippen LogP contribution >= 0.6 is 12.2 Å². The third kappa shape index (κ3) is 2.08. The third-order valence-electron chi connectivity index (χ3n) is 2.37. The van der Waals surface area contributed by atoms with Gasteiger partial charge in [0.15, 0.2) is 11.6 Å². The van der Waals surface area contributed by atoms with E-state index in [0.717, 1.165) is 6.07 Å². The van der Waals surface area contributed by atoms with Crippen LogP contribution in [0.1, 0.15) is 5.56 Å². The van der Waals surface area contributed by atoms with Crippen molar-refractivity contribution in [1.82, 2.24) is 9.97 Å². The molecule has 0 aliphatic rings. The molecule has 0 atom stereocenters. The van der Waals surface area contributed by atoms with E-state index in [9.17, 15) is 13.2 Å². The van der Waals surface area contributed by atoms with Crippen LogP contribution in [-0.4, -0.2) is 9.97 Å². The molecule has 0 saturated carbocycles. The number of aromatic nitrogens is 2. The van der Waals surface area contributed by atoms with Gasteiger partial charge in [-0.1, -0.05) is 12.2 Å². The Morgan fingerprint density at radius 2 is 1.76 bits per heavy atom. The second-order valence-corrected chi connectivity index (χ2v) is 3.84. The zero-order valence-corrected chi connectivity index (χ0v) is 9.54. The quantitative estimate of drug-likeness (QED) is 0.624. The molecule has 1 heterocycles. The van der Waals surface area contributed by atoms with Crippen molar-refractivity contribution in [2.24, 2.45) is 0 Å². The fourth-order valence-corrected chi connectivity index (χ4v) is 1.62. The normalized spacial score (nSPS) is 10.6. The first-order valence-electron chi connectivity index (χ1n) is 4.70. The fraction of sp³-hybridized carbons (Fsp3) is 0.0909. The Balaban J connectivity index is 2.73. The van der Waals surface area contributed by atoms with Crippen LogP contribution in [0.5, 0.6) is 0 Å². The molecule has 0 spiro atoms. The number of nitrogens with zero attached hydrogens (tertiary/aromatic N) is 1. The Bertz CT molecular complexity index is 637. The van der Waals surface area contributed by atoms with Crippen molar-refractivity contribution in [1.29, 1.82) is 0 Å². The summed E-state index contributed by atoms with van der Waals surface area (Å²) in [5, 5.41) is 0. The first kappa shape index (κ1) is 11.8. The number of rotatable bonds is 1. The summed E-state index contributed by atoms with van der Waals surface area (Å²) in [7, 11) is 0. The Kier molecular flexibility index (Phi) is 2.97. The Morgan fingerprint density at radius 1 is 1.12 bits per heavy atom. The van der Waals surface area contributed by atoms with Crippen LogP contribution in [0.2, 0.25) is 0 Å². The first-order chi connectivity index (χ1) is 8.00. The summed E-state index contributed by atoms with van der Waals surface area (Å²) in [4.78, 5) is 6.48. The molecule has 0 amide bonds. The molecule has 0 bridgehead atoms. The van der Waals surface area contributed by atoms with Gasteiger partial charge in [-0.15, -0.1) is 0 Å². The molecule has 1 aromatic carbocycles. The molecule has 2 aromatic rings. The molecule has 17 heavy (non-hydrogen) atoms. The predicted molar refractivity (Wildman–Crippen MR) is 59.5 cm³/mol. The van der Waals surface area contributed by atoms with Crippen LogP contribution < -0.4 is 0 Å². The highest BCUT2D eigenvalue weighted by molar-refractivity contribution is 7.71. The monoisotopic (exact) mass is 256 g/mol. The summed E-state index contributed by atoms with van der Waals surface area (Å²) in [5.41, 5.74) is 0.726. The average molecular weight is 256 g/mol. The van der Waals surface area contributed by atoms with Crippen LogP contribution in [0, 0.1) is 29.0 Å². The van der Waals surface area contributed by atoms with E-state index in [-0.39, 0.29) is 10.2 Å². The second kappa shape index (κ2) is 4.29. The van der Waals surface area contributed by atoms with Crippen LogP contribution in [0.15, 0.2) is 18.5 Å². The van der Waals surface area contributed by atoms with E-state index in [1.54, 1.807) is 6.92 Å². The number of benzene rings is 1. The average Bonchev–Trinajstić information content (AvgIpc) is 2.28. The zero-order chi connectivity index (χ0) is 12.6. The summed E-state index contributed by atoms with van der Waals surface area (Å²) in [6.07, 6.45) is 1.28. The lowest BCUT2D eigenvalue weighted by molar-refractivity contribution is 0.496. The molecular formula is C11H7F3N2S. The molecule has 6 heteroatoms. The standard InChI is InChI=1S/C11H7F3N2S/c1-5-10(15-4-16-11(5)17)6-2-8(13)9(14)3-7(6)12/h2-4H,1H3,(H,15,16,17). The van der Waals surface area contributed by atoms with E-state index >= 15 is 0 Å². The summed E-state index contributed by atoms with van der Waals surface area (Å²) in [6, 6.07) is 1.29. The lowest BCUT2D eigenvalue weighted by Gasteiger charge is -2.07. The van der Waals surface area contributed by atoms with E-state index in [1.807, 2.05) is 0 Å². The Morgan fingerprint density at radius 3 is 2.47 bits per heavy atom. The maximum absolute atomic E-state index is 13.5. The van der Waals surface area contributed by atoms with Gasteiger partial charge in [0, 0.05) is 17.2 Å². The smallest absolute Gasteiger partial charge is 0.161 e. The molecule has 0 aliphatic carbocycles. The fourth-order valence-electron chi connectivity index (χ4n) is 1.46. The van der Waals surface area contributed by atoms with E-state index in [1.165, 1.54) is 6.33 Å². The van der Waals surface area contributed by atoms with Gasteiger partial charge < -0.3 is 4.98 Å². The van der Waals surface area contributed by atoms with Crippen molar-refractivity contribution in [2.75, 3.05) is 0 Å². The molecule has 1 N–H and O–H groups in total. The van der Waals surface area contributed by atoms with E-state index < -0.39 is 17.5 Å². The molecule has 88 valence electrons. The topological polar surface area (TPSA) is 28.7 Å². The number of nitrogens with one attached hydrogen (secondary N) is 1. The highest BCUT2D eigenvalue weighted by Crippen LogP contribution is 2.25. The van der Waals surface area contributed by atoms with Crippen LogP contribution in [0.4, 0.5) is 13.2 Å². The van der Waals surface area contributed by atoms with Gasteiger partial charge in [-0.05, 0) is 13.0 Å². The number of hydrogen-bond acceptors (Lipinski definition) is 2. The molecule has 0 saturated heterocycles. The SMILES string of the molecule is Cc1c(-c2cc(F)c(F)cc2F)[nH]cnc1=S. The van der Waals surface area contributed by atoms with Gasteiger partial charge >= 0.3 is 0 Å². The van der Waals surface area contributed by atoms with Gasteiger partial charge in [0.25, 0.3) is 0 Å². The molecule has 1 aromatic heterocycles. The molecule has 0 unspecified atom stereocenters. The maximum atomic E-state index is 13.5. The Hall–Kier alpha value is -1.69. The minimum absolute atomic E-state index is 0.0742. The Labute approximate surface area is 100 Å². The molecule has 0 fully saturated rings. The molecule has 0 radical (unpaired) electrons. The van der Waals surface area contributed by atoms with E-state index in [4.69, 9.17) is 12.2 Å². The highest BCUT2D eigenvalue weighted by Gasteiger charge is 2.14. The van der Waals surface area contributed by atoms with Crippen molar-refractivity contribution in [3.05, 3.63) is 46.1 Å². The number of aromatic amines is 1. The van der Waals surface area contributed by atoms with Crippen LogP contribution in [0.25, 0.3) is 11.3 Å². The summed E-state index contributed by atoms with van der Waals surface area (Å²) < 4.78 is 39.7. The van der Waals surface area contributed by atoms with E-state index in [0.29, 0.717) is 17.3 Å². The van der Waals surface area contributed by atoms with Gasteiger partial charge in [-0.2, -0.15) is 0 Å². The van der Waals surface area contributed by atoms with Crippen molar-refractivity contribution >= 4 is 12.2 Å². The maximum Gasteiger partial charge on any atom is 0.161 e. The van der Waals surface area contributed by atoms with Crippen molar-refractivity contribution < 1.29 is 13.2 Å². The number of H-pyrrole nitrogens is 1. The molecule has 2 rings (SSSR count). The van der Waals surface area contributed by atoms with Crippen molar-refractivity contribution in [2.45, 2.75) is 6.92 Å². The highest BCUT2D eigenvalue weighted by atomic mass is 32.1. The lowest BCUT2D eigenvalue weighted by Crippen LogP contribution is -1.97. The van der Waals surface area contributed by atoms with Gasteiger partial charge in [-0.3, -0.25) is 0 Å². The molecular weight excluding hydrogens is 249 g/mol. The second-order valence-electron chi connectivity index (χ2n) is 3.45. The molecule has 0 aliphatic heterocycles. The van der Waals surface area contributed by atoms with Crippen molar-refractivity contribution in [3.8, 4) is 11.3 Å².